The van der Waals surface area contributed by atoms with Crippen LogP contribution in [0.1, 0.15) is 23.2 Å². The summed E-state index contributed by atoms with van der Waals surface area (Å²) in [4.78, 5) is 16.9. The van der Waals surface area contributed by atoms with Gasteiger partial charge in [-0.25, -0.2) is 4.68 Å². The smallest absolute Gasteiger partial charge is 0.254 e. The molecule has 10 nitrogen and oxygen atoms in total. The molecule has 10 heteroatoms. The maximum atomic E-state index is 12.7. The summed E-state index contributed by atoms with van der Waals surface area (Å²) in [5.41, 5.74) is 4.99. The van der Waals surface area contributed by atoms with E-state index < -0.39 is 0 Å². The van der Waals surface area contributed by atoms with E-state index in [1.807, 2.05) is 35.4 Å². The van der Waals surface area contributed by atoms with E-state index >= 15 is 0 Å². The molecule has 36 heavy (non-hydrogen) atoms. The minimum absolute atomic E-state index is 0.0248. The summed E-state index contributed by atoms with van der Waals surface area (Å²) in [5, 5.41) is 21.0. The lowest BCUT2D eigenvalue weighted by molar-refractivity contribution is 0.0303. The van der Waals surface area contributed by atoms with Gasteiger partial charge in [-0.05, 0) is 75.4 Å². The Bertz CT molecular complexity index is 1350. The number of amides is 1. The summed E-state index contributed by atoms with van der Waals surface area (Å²) in [5.74, 6) is 0.0248. The number of likely N-dealkylation sites (tertiary alicyclic amines) is 1. The van der Waals surface area contributed by atoms with Crippen LogP contribution >= 0.6 is 0 Å². The lowest BCUT2D eigenvalue weighted by Crippen LogP contribution is -2.40. The maximum Gasteiger partial charge on any atom is 0.254 e. The predicted octanol–water partition coefficient (Wildman–Crippen LogP) is 2.79. The molecule has 186 valence electrons. The largest absolute Gasteiger partial charge is 0.382 e. The van der Waals surface area contributed by atoms with E-state index in [1.54, 1.807) is 4.68 Å². The Labute approximate surface area is 209 Å². The van der Waals surface area contributed by atoms with Gasteiger partial charge in [0, 0.05) is 35.8 Å². The predicted molar refractivity (Wildman–Crippen MR) is 137 cm³/mol. The molecule has 2 N–H and O–H groups in total. The van der Waals surface area contributed by atoms with Gasteiger partial charge in [0.05, 0.1) is 30.6 Å². The number of hydrogen-bond acceptors (Lipinski definition) is 7. The van der Waals surface area contributed by atoms with Crippen molar-refractivity contribution in [3.63, 3.8) is 0 Å². The number of aromatic nitrogens is 5. The number of H-pyrrole nitrogens is 1. The third-order valence-electron chi connectivity index (χ3n) is 7.07. The van der Waals surface area contributed by atoms with Crippen LogP contribution in [0.4, 0.5) is 5.69 Å². The maximum absolute atomic E-state index is 12.7. The third kappa shape index (κ3) is 4.57. The van der Waals surface area contributed by atoms with Crippen LogP contribution in [0.2, 0.25) is 0 Å². The normalized spacial score (nSPS) is 17.5. The van der Waals surface area contributed by atoms with Crippen LogP contribution in [0.3, 0.4) is 0 Å². The highest BCUT2D eigenvalue weighted by atomic mass is 16.5. The highest BCUT2D eigenvalue weighted by Gasteiger charge is 2.20. The van der Waals surface area contributed by atoms with Crippen molar-refractivity contribution >= 4 is 22.5 Å². The Morgan fingerprint density at radius 2 is 1.83 bits per heavy atom. The van der Waals surface area contributed by atoms with Crippen LogP contribution < -0.4 is 5.32 Å². The van der Waals surface area contributed by atoms with Crippen molar-refractivity contribution in [2.75, 3.05) is 51.8 Å². The number of nitrogens with zero attached hydrogens (tertiary/aromatic N) is 6. The number of carbonyl (C=O) groups is 1. The van der Waals surface area contributed by atoms with Crippen molar-refractivity contribution in [1.82, 2.24) is 35.0 Å². The lowest BCUT2D eigenvalue weighted by Gasteiger charge is -2.30. The number of carbonyl (C=O) groups excluding carboxylic acids is 1. The van der Waals surface area contributed by atoms with Crippen molar-refractivity contribution in [2.24, 2.45) is 0 Å². The Balaban J connectivity index is 1.20. The fraction of sp³-hybridized carbons (Fsp3) is 0.385. The molecule has 2 aromatic heterocycles. The van der Waals surface area contributed by atoms with Gasteiger partial charge >= 0.3 is 0 Å². The summed E-state index contributed by atoms with van der Waals surface area (Å²) in [6.45, 7) is 4.65. The first kappa shape index (κ1) is 22.7. The van der Waals surface area contributed by atoms with Gasteiger partial charge in [0.1, 0.15) is 11.4 Å². The van der Waals surface area contributed by atoms with E-state index in [0.717, 1.165) is 53.9 Å². The molecule has 0 radical (unpaired) electrons. The molecule has 2 fully saturated rings. The molecule has 4 aromatic rings. The molecular formula is C26H30N8O2. The number of aromatic amines is 1. The SMILES string of the molecule is CN1CCC(Nc2ccc3[nH]nc(-c4cn(-c5ccc(C(=O)N6CCOCC6)cc5)nn4)c3c2)CC1. The highest BCUT2D eigenvalue weighted by Crippen LogP contribution is 2.28. The summed E-state index contributed by atoms with van der Waals surface area (Å²) in [6, 6.07) is 14.2. The van der Waals surface area contributed by atoms with Gasteiger partial charge < -0.3 is 19.9 Å². The van der Waals surface area contributed by atoms with Crippen LogP contribution in [0.5, 0.6) is 0 Å². The molecule has 0 unspecified atom stereocenters. The number of piperidine rings is 1. The molecule has 0 aliphatic carbocycles. The van der Waals surface area contributed by atoms with E-state index in [9.17, 15) is 4.79 Å². The Hall–Kier alpha value is -3.76. The average Bonchev–Trinajstić information content (AvgIpc) is 3.57. The van der Waals surface area contributed by atoms with Gasteiger partial charge in [0.15, 0.2) is 0 Å². The molecule has 2 saturated heterocycles. The Kier molecular flexibility index (Phi) is 6.12. The first-order chi connectivity index (χ1) is 17.6. The fourth-order valence-electron chi connectivity index (χ4n) is 4.89. The molecule has 4 heterocycles. The number of morpholine rings is 1. The minimum atomic E-state index is 0.0248. The molecule has 6 rings (SSSR count). The molecule has 2 aliphatic rings. The van der Waals surface area contributed by atoms with E-state index in [1.165, 1.54) is 0 Å². The standard InChI is InChI=1S/C26H30N8O2/c1-32-10-8-19(9-11-32)27-20-4-7-23-22(16-20)25(30-28-23)24-17-34(31-29-24)21-5-2-18(3-6-21)26(35)33-12-14-36-15-13-33/h2-7,16-17,19,27H,8-15H2,1H3,(H,28,30). The van der Waals surface area contributed by atoms with Crippen molar-refractivity contribution in [3.8, 4) is 17.1 Å². The van der Waals surface area contributed by atoms with E-state index in [2.05, 4.69) is 56.0 Å². The second kappa shape index (κ2) is 9.71. The number of ether oxygens (including phenoxy) is 1. The number of hydrogen-bond donors (Lipinski definition) is 2. The van der Waals surface area contributed by atoms with E-state index in [-0.39, 0.29) is 5.91 Å². The zero-order valence-electron chi connectivity index (χ0n) is 20.4. The summed E-state index contributed by atoms with van der Waals surface area (Å²) in [6.07, 6.45) is 4.14. The topological polar surface area (TPSA) is 104 Å². The zero-order chi connectivity index (χ0) is 24.5. The van der Waals surface area contributed by atoms with Crippen LogP contribution in [0.25, 0.3) is 28.0 Å². The minimum Gasteiger partial charge on any atom is -0.382 e. The first-order valence-corrected chi connectivity index (χ1v) is 12.5. The van der Waals surface area contributed by atoms with Crippen molar-refractivity contribution in [3.05, 3.63) is 54.2 Å². The Morgan fingerprint density at radius 3 is 2.61 bits per heavy atom. The summed E-state index contributed by atoms with van der Waals surface area (Å²) in [7, 11) is 2.17. The molecule has 0 spiro atoms. The van der Waals surface area contributed by atoms with Gasteiger partial charge in [0.25, 0.3) is 5.91 Å². The fourth-order valence-corrected chi connectivity index (χ4v) is 4.89. The van der Waals surface area contributed by atoms with Crippen LogP contribution in [0, 0.1) is 0 Å². The molecule has 2 aromatic carbocycles. The van der Waals surface area contributed by atoms with Gasteiger partial charge in [-0.3, -0.25) is 9.89 Å². The number of anilines is 1. The molecule has 1 amide bonds. The van der Waals surface area contributed by atoms with Gasteiger partial charge in [0.2, 0.25) is 0 Å². The first-order valence-electron chi connectivity index (χ1n) is 12.5. The molecule has 0 bridgehead atoms. The van der Waals surface area contributed by atoms with Gasteiger partial charge in [-0.1, -0.05) is 5.21 Å². The monoisotopic (exact) mass is 486 g/mol. The highest BCUT2D eigenvalue weighted by molar-refractivity contribution is 5.95. The number of fused-ring (bicyclic) bond motifs is 1. The van der Waals surface area contributed by atoms with Crippen molar-refractivity contribution in [2.45, 2.75) is 18.9 Å². The Morgan fingerprint density at radius 1 is 1.06 bits per heavy atom. The summed E-state index contributed by atoms with van der Waals surface area (Å²) < 4.78 is 7.05. The van der Waals surface area contributed by atoms with E-state index in [4.69, 9.17) is 4.74 Å². The molecule has 0 atom stereocenters. The van der Waals surface area contributed by atoms with E-state index in [0.29, 0.717) is 43.6 Å². The molecule has 2 aliphatic heterocycles. The lowest BCUT2D eigenvalue weighted by atomic mass is 10.0. The van der Waals surface area contributed by atoms with Gasteiger partial charge in [-0.15, -0.1) is 5.10 Å². The van der Waals surface area contributed by atoms with Crippen molar-refractivity contribution < 1.29 is 9.53 Å². The number of benzene rings is 2. The van der Waals surface area contributed by atoms with Crippen LogP contribution in [-0.4, -0.2) is 93.4 Å². The zero-order valence-corrected chi connectivity index (χ0v) is 20.4. The number of nitrogens with one attached hydrogen (secondary N) is 2. The second-order valence-electron chi connectivity index (χ2n) is 9.55. The van der Waals surface area contributed by atoms with Crippen LogP contribution in [-0.2, 0) is 4.74 Å². The average molecular weight is 487 g/mol. The van der Waals surface area contributed by atoms with Crippen molar-refractivity contribution in [1.29, 1.82) is 0 Å². The molecular weight excluding hydrogens is 456 g/mol. The number of rotatable bonds is 5. The quantitative estimate of drug-likeness (QED) is 0.447. The second-order valence-corrected chi connectivity index (χ2v) is 9.55. The van der Waals surface area contributed by atoms with Crippen LogP contribution in [0.15, 0.2) is 48.7 Å². The molecule has 0 saturated carbocycles. The van der Waals surface area contributed by atoms with Gasteiger partial charge in [-0.2, -0.15) is 5.10 Å². The summed E-state index contributed by atoms with van der Waals surface area (Å²) >= 11 is 0. The third-order valence-corrected chi connectivity index (χ3v) is 7.07.